The maximum absolute atomic E-state index is 12.7. The molecule has 0 saturated carbocycles. The van der Waals surface area contributed by atoms with Crippen LogP contribution >= 0.6 is 11.3 Å². The van der Waals surface area contributed by atoms with Gasteiger partial charge in [0.2, 0.25) is 5.95 Å². The third-order valence-electron chi connectivity index (χ3n) is 5.39. The predicted molar refractivity (Wildman–Crippen MR) is 128 cm³/mol. The lowest BCUT2D eigenvalue weighted by Crippen LogP contribution is -2.52. The topological polar surface area (TPSA) is 97.8 Å². The van der Waals surface area contributed by atoms with Crippen LogP contribution in [-0.4, -0.2) is 64.0 Å². The Morgan fingerprint density at radius 3 is 2.50 bits per heavy atom. The minimum absolute atomic E-state index is 0.0117. The van der Waals surface area contributed by atoms with Crippen molar-refractivity contribution in [1.82, 2.24) is 19.9 Å². The number of piperazine rings is 1. The van der Waals surface area contributed by atoms with Crippen molar-refractivity contribution in [2.75, 3.05) is 31.1 Å². The zero-order valence-corrected chi connectivity index (χ0v) is 20.0. The van der Waals surface area contributed by atoms with Gasteiger partial charge in [-0.25, -0.2) is 15.0 Å². The normalized spacial score (nSPS) is 14.5. The maximum atomic E-state index is 12.7. The van der Waals surface area contributed by atoms with Gasteiger partial charge in [0, 0.05) is 44.0 Å². The average molecular weight is 482 g/mol. The molecule has 34 heavy (non-hydrogen) atoms. The van der Waals surface area contributed by atoms with Gasteiger partial charge in [-0.15, -0.1) is 11.3 Å². The van der Waals surface area contributed by atoms with E-state index in [1.807, 2.05) is 41.5 Å². The van der Waals surface area contributed by atoms with Gasteiger partial charge < -0.3 is 19.3 Å². The van der Waals surface area contributed by atoms with E-state index in [-0.39, 0.29) is 12.3 Å². The van der Waals surface area contributed by atoms with Crippen molar-refractivity contribution < 1.29 is 19.1 Å². The molecule has 1 atom stereocenters. The van der Waals surface area contributed by atoms with Crippen molar-refractivity contribution in [2.24, 2.45) is 0 Å². The fraction of sp³-hybridized carbons (Fsp3) is 0.375. The first-order chi connectivity index (χ1) is 16.5. The number of ether oxygens (including phenoxy) is 2. The zero-order chi connectivity index (χ0) is 23.9. The van der Waals surface area contributed by atoms with Crippen LogP contribution in [0.25, 0.3) is 0 Å². The summed E-state index contributed by atoms with van der Waals surface area (Å²) in [5, 5.41) is 2.58. The highest BCUT2D eigenvalue weighted by atomic mass is 32.1. The number of benzene rings is 1. The Kier molecular flexibility index (Phi) is 7.69. The average Bonchev–Trinajstić information content (AvgIpc) is 3.31. The van der Waals surface area contributed by atoms with Crippen molar-refractivity contribution in [3.8, 4) is 5.75 Å². The van der Waals surface area contributed by atoms with Crippen LogP contribution in [0, 0.1) is 6.92 Å². The number of aromatic nitrogens is 3. The summed E-state index contributed by atoms with van der Waals surface area (Å²) in [6, 6.07) is 9.56. The second-order valence-electron chi connectivity index (χ2n) is 8.00. The fourth-order valence-electron chi connectivity index (χ4n) is 3.55. The third kappa shape index (κ3) is 6.28. The van der Waals surface area contributed by atoms with Crippen LogP contribution in [-0.2, 0) is 27.4 Å². The van der Waals surface area contributed by atoms with E-state index in [0.717, 1.165) is 10.8 Å². The summed E-state index contributed by atoms with van der Waals surface area (Å²) < 4.78 is 11.1. The highest BCUT2D eigenvalue weighted by Crippen LogP contribution is 2.17. The SMILES string of the molecule is Cc1ccc(OCc2nc(CC(=O)OC(C)C(=O)N3CCN(c4ncccn4)CC3)cs2)cc1. The molecule has 0 aliphatic carbocycles. The largest absolute Gasteiger partial charge is 0.486 e. The predicted octanol–water partition coefficient (Wildman–Crippen LogP) is 2.64. The number of esters is 1. The third-order valence-corrected chi connectivity index (χ3v) is 6.26. The molecule has 0 radical (unpaired) electrons. The van der Waals surface area contributed by atoms with E-state index in [2.05, 4.69) is 15.0 Å². The number of anilines is 1. The molecule has 0 bridgehead atoms. The molecule has 9 nitrogen and oxygen atoms in total. The van der Waals surface area contributed by atoms with Gasteiger partial charge in [-0.3, -0.25) is 9.59 Å². The summed E-state index contributed by atoms with van der Waals surface area (Å²) in [5.41, 5.74) is 1.77. The van der Waals surface area contributed by atoms with Gasteiger partial charge in [-0.2, -0.15) is 0 Å². The molecule has 3 heterocycles. The van der Waals surface area contributed by atoms with Crippen LogP contribution in [0.5, 0.6) is 5.75 Å². The summed E-state index contributed by atoms with van der Waals surface area (Å²) in [5.74, 6) is 0.744. The van der Waals surface area contributed by atoms with Crippen molar-refractivity contribution in [2.45, 2.75) is 33.0 Å². The summed E-state index contributed by atoms with van der Waals surface area (Å²) in [7, 11) is 0. The van der Waals surface area contributed by atoms with Crippen LogP contribution in [0.15, 0.2) is 48.1 Å². The molecule has 1 unspecified atom stereocenters. The number of carbonyl (C=O) groups excluding carboxylic acids is 2. The quantitative estimate of drug-likeness (QED) is 0.453. The number of thiazole rings is 1. The van der Waals surface area contributed by atoms with E-state index < -0.39 is 12.1 Å². The Labute approximate surface area is 202 Å². The standard InChI is InChI=1S/C24H27N5O4S/c1-17-4-6-20(7-5-17)32-15-21-27-19(16-34-21)14-22(30)33-18(2)23(31)28-10-12-29(13-11-28)24-25-8-3-9-26-24/h3-9,16,18H,10-15H2,1-2H3. The van der Waals surface area contributed by atoms with Crippen molar-refractivity contribution >= 4 is 29.2 Å². The van der Waals surface area contributed by atoms with E-state index in [0.29, 0.717) is 44.4 Å². The van der Waals surface area contributed by atoms with E-state index in [9.17, 15) is 9.59 Å². The van der Waals surface area contributed by atoms with Crippen LogP contribution in [0.1, 0.15) is 23.2 Å². The van der Waals surface area contributed by atoms with Gasteiger partial charge >= 0.3 is 5.97 Å². The first-order valence-corrected chi connectivity index (χ1v) is 12.0. The molecular weight excluding hydrogens is 454 g/mol. The minimum atomic E-state index is -0.852. The number of aryl methyl sites for hydroxylation is 1. The minimum Gasteiger partial charge on any atom is -0.486 e. The molecular formula is C24H27N5O4S. The second kappa shape index (κ2) is 11.1. The summed E-state index contributed by atoms with van der Waals surface area (Å²) >= 11 is 1.43. The van der Waals surface area contributed by atoms with Gasteiger partial charge in [-0.1, -0.05) is 17.7 Å². The number of amides is 1. The first-order valence-electron chi connectivity index (χ1n) is 11.1. The molecule has 178 valence electrons. The van der Waals surface area contributed by atoms with Crippen LogP contribution in [0.4, 0.5) is 5.95 Å². The smallest absolute Gasteiger partial charge is 0.312 e. The van der Waals surface area contributed by atoms with E-state index in [1.165, 1.54) is 16.9 Å². The molecule has 4 rings (SSSR count). The number of carbonyl (C=O) groups is 2. The molecule has 1 aliphatic rings. The van der Waals surface area contributed by atoms with Gasteiger partial charge in [-0.05, 0) is 32.0 Å². The lowest BCUT2D eigenvalue weighted by molar-refractivity contribution is -0.158. The molecule has 2 aromatic heterocycles. The second-order valence-corrected chi connectivity index (χ2v) is 8.95. The van der Waals surface area contributed by atoms with Crippen molar-refractivity contribution in [3.63, 3.8) is 0 Å². The molecule has 10 heteroatoms. The van der Waals surface area contributed by atoms with Gasteiger partial charge in [0.1, 0.15) is 17.4 Å². The molecule has 1 saturated heterocycles. The van der Waals surface area contributed by atoms with Gasteiger partial charge in [0.05, 0.1) is 12.1 Å². The number of hydrogen-bond donors (Lipinski definition) is 0. The Hall–Kier alpha value is -3.53. The lowest BCUT2D eigenvalue weighted by atomic mass is 10.2. The summed E-state index contributed by atoms with van der Waals surface area (Å²) in [6.07, 6.45) is 2.56. The van der Waals surface area contributed by atoms with Gasteiger partial charge in [0.15, 0.2) is 6.10 Å². The first kappa shape index (κ1) is 23.6. The maximum Gasteiger partial charge on any atom is 0.312 e. The van der Waals surface area contributed by atoms with Crippen LogP contribution in [0.3, 0.4) is 0 Å². The highest BCUT2D eigenvalue weighted by Gasteiger charge is 2.28. The zero-order valence-electron chi connectivity index (χ0n) is 19.2. The molecule has 0 N–H and O–H groups in total. The summed E-state index contributed by atoms with van der Waals surface area (Å²) in [6.45, 7) is 6.26. The molecule has 1 fully saturated rings. The monoisotopic (exact) mass is 481 g/mol. The van der Waals surface area contributed by atoms with Gasteiger partial charge in [0.25, 0.3) is 5.91 Å². The van der Waals surface area contributed by atoms with E-state index >= 15 is 0 Å². The van der Waals surface area contributed by atoms with Crippen LogP contribution in [0.2, 0.25) is 0 Å². The lowest BCUT2D eigenvalue weighted by Gasteiger charge is -2.35. The molecule has 1 aromatic carbocycles. The van der Waals surface area contributed by atoms with E-state index in [4.69, 9.17) is 9.47 Å². The number of nitrogens with zero attached hydrogens (tertiary/aromatic N) is 5. The Morgan fingerprint density at radius 2 is 1.79 bits per heavy atom. The Balaban J connectivity index is 1.21. The van der Waals surface area contributed by atoms with Crippen LogP contribution < -0.4 is 9.64 Å². The number of hydrogen-bond acceptors (Lipinski definition) is 9. The molecule has 3 aromatic rings. The van der Waals surface area contributed by atoms with E-state index in [1.54, 1.807) is 30.3 Å². The Morgan fingerprint density at radius 1 is 1.09 bits per heavy atom. The molecule has 1 amide bonds. The van der Waals surface area contributed by atoms with Crippen molar-refractivity contribution in [1.29, 1.82) is 0 Å². The molecule has 1 aliphatic heterocycles. The number of rotatable bonds is 8. The molecule has 0 spiro atoms. The fourth-order valence-corrected chi connectivity index (χ4v) is 4.26. The summed E-state index contributed by atoms with van der Waals surface area (Å²) in [4.78, 5) is 41.8. The van der Waals surface area contributed by atoms with Crippen molar-refractivity contribution in [3.05, 3.63) is 64.4 Å². The highest BCUT2D eigenvalue weighted by molar-refractivity contribution is 7.09. The Bertz CT molecular complexity index is 1100.